The van der Waals surface area contributed by atoms with Crippen molar-refractivity contribution in [1.29, 1.82) is 0 Å². The van der Waals surface area contributed by atoms with Crippen LogP contribution in [0.4, 0.5) is 11.8 Å². The summed E-state index contributed by atoms with van der Waals surface area (Å²) in [4.78, 5) is 12.7. The molecule has 0 aliphatic carbocycles. The molecule has 0 radical (unpaired) electrons. The molecule has 0 saturated heterocycles. The Labute approximate surface area is 111 Å². The SMILES string of the molecule is Nc1nc2c(c(NCc3cccnc3)n1)CCNC2. The first-order chi connectivity index (χ1) is 9.33. The summed E-state index contributed by atoms with van der Waals surface area (Å²) >= 11 is 0. The molecule has 0 spiro atoms. The zero-order valence-electron chi connectivity index (χ0n) is 10.6. The number of hydrogen-bond donors (Lipinski definition) is 3. The second kappa shape index (κ2) is 5.19. The van der Waals surface area contributed by atoms with Gasteiger partial charge in [0.25, 0.3) is 0 Å². The summed E-state index contributed by atoms with van der Waals surface area (Å²) in [6, 6.07) is 3.95. The molecule has 2 aromatic rings. The number of anilines is 2. The van der Waals surface area contributed by atoms with Crippen molar-refractivity contribution in [1.82, 2.24) is 20.3 Å². The van der Waals surface area contributed by atoms with Crippen LogP contribution in [-0.2, 0) is 19.5 Å². The van der Waals surface area contributed by atoms with E-state index in [-0.39, 0.29) is 0 Å². The Morgan fingerprint density at radius 3 is 3.16 bits per heavy atom. The van der Waals surface area contributed by atoms with Crippen molar-refractivity contribution in [2.24, 2.45) is 0 Å². The molecule has 3 rings (SSSR count). The van der Waals surface area contributed by atoms with E-state index in [0.717, 1.165) is 42.1 Å². The molecular formula is C13H16N6. The Hall–Kier alpha value is -2.21. The van der Waals surface area contributed by atoms with Gasteiger partial charge in [-0.25, -0.2) is 4.98 Å². The Balaban J connectivity index is 1.82. The molecular weight excluding hydrogens is 240 g/mol. The number of nitrogen functional groups attached to an aromatic ring is 1. The summed E-state index contributed by atoms with van der Waals surface area (Å²) in [5.41, 5.74) is 9.02. The Morgan fingerprint density at radius 1 is 1.37 bits per heavy atom. The number of aromatic nitrogens is 3. The van der Waals surface area contributed by atoms with Crippen LogP contribution < -0.4 is 16.4 Å². The molecule has 0 fully saturated rings. The molecule has 1 aliphatic rings. The van der Waals surface area contributed by atoms with Crippen molar-refractivity contribution >= 4 is 11.8 Å². The lowest BCUT2D eigenvalue weighted by molar-refractivity contribution is 0.625. The predicted octanol–water partition coefficient (Wildman–Crippen LogP) is 0.712. The highest BCUT2D eigenvalue weighted by Gasteiger charge is 2.16. The summed E-state index contributed by atoms with van der Waals surface area (Å²) < 4.78 is 0. The summed E-state index contributed by atoms with van der Waals surface area (Å²) in [6.45, 7) is 2.38. The number of fused-ring (bicyclic) bond motifs is 1. The molecule has 0 saturated carbocycles. The minimum Gasteiger partial charge on any atom is -0.368 e. The first kappa shape index (κ1) is 11.9. The summed E-state index contributed by atoms with van der Waals surface area (Å²) in [5.74, 6) is 1.16. The predicted molar refractivity (Wildman–Crippen MR) is 73.4 cm³/mol. The van der Waals surface area contributed by atoms with Crippen LogP contribution in [0.2, 0.25) is 0 Å². The minimum absolute atomic E-state index is 0.316. The summed E-state index contributed by atoms with van der Waals surface area (Å²) in [5, 5.41) is 6.62. The minimum atomic E-state index is 0.316. The fourth-order valence-electron chi connectivity index (χ4n) is 2.21. The largest absolute Gasteiger partial charge is 0.368 e. The van der Waals surface area contributed by atoms with Gasteiger partial charge in [0.2, 0.25) is 5.95 Å². The first-order valence-electron chi connectivity index (χ1n) is 6.31. The van der Waals surface area contributed by atoms with Gasteiger partial charge in [0.1, 0.15) is 5.82 Å². The van der Waals surface area contributed by atoms with E-state index < -0.39 is 0 Å². The van der Waals surface area contributed by atoms with Crippen LogP contribution in [0.5, 0.6) is 0 Å². The van der Waals surface area contributed by atoms with E-state index in [4.69, 9.17) is 5.73 Å². The number of pyridine rings is 1. The summed E-state index contributed by atoms with van der Waals surface area (Å²) in [7, 11) is 0. The van der Waals surface area contributed by atoms with E-state index in [1.807, 2.05) is 18.3 Å². The fourth-order valence-corrected chi connectivity index (χ4v) is 2.21. The average Bonchev–Trinajstić information content (AvgIpc) is 2.45. The van der Waals surface area contributed by atoms with Crippen LogP contribution in [0.25, 0.3) is 0 Å². The van der Waals surface area contributed by atoms with Gasteiger partial charge < -0.3 is 16.4 Å². The number of hydrogen-bond acceptors (Lipinski definition) is 6. The van der Waals surface area contributed by atoms with Crippen LogP contribution in [0.15, 0.2) is 24.5 Å². The summed E-state index contributed by atoms with van der Waals surface area (Å²) in [6.07, 6.45) is 4.52. The third kappa shape index (κ3) is 2.63. The van der Waals surface area contributed by atoms with Gasteiger partial charge in [-0.2, -0.15) is 4.98 Å². The van der Waals surface area contributed by atoms with Crippen molar-refractivity contribution in [3.05, 3.63) is 41.3 Å². The van der Waals surface area contributed by atoms with Crippen LogP contribution in [0.3, 0.4) is 0 Å². The van der Waals surface area contributed by atoms with E-state index in [1.165, 1.54) is 0 Å². The van der Waals surface area contributed by atoms with Crippen LogP contribution in [-0.4, -0.2) is 21.5 Å². The maximum atomic E-state index is 5.75. The van der Waals surface area contributed by atoms with E-state index in [9.17, 15) is 0 Å². The first-order valence-corrected chi connectivity index (χ1v) is 6.31. The highest BCUT2D eigenvalue weighted by molar-refractivity contribution is 5.50. The van der Waals surface area contributed by atoms with Crippen molar-refractivity contribution in [2.75, 3.05) is 17.6 Å². The Morgan fingerprint density at radius 2 is 2.32 bits per heavy atom. The monoisotopic (exact) mass is 256 g/mol. The molecule has 6 heteroatoms. The van der Waals surface area contributed by atoms with Gasteiger partial charge in [-0.1, -0.05) is 6.07 Å². The molecule has 1 aliphatic heterocycles. The van der Waals surface area contributed by atoms with Crippen molar-refractivity contribution in [3.63, 3.8) is 0 Å². The zero-order valence-corrected chi connectivity index (χ0v) is 10.6. The van der Waals surface area contributed by atoms with Crippen molar-refractivity contribution in [2.45, 2.75) is 19.5 Å². The lowest BCUT2D eigenvalue weighted by Gasteiger charge is -2.19. The van der Waals surface area contributed by atoms with E-state index in [0.29, 0.717) is 12.5 Å². The van der Waals surface area contributed by atoms with Gasteiger partial charge >= 0.3 is 0 Å². The van der Waals surface area contributed by atoms with E-state index in [1.54, 1.807) is 6.20 Å². The molecule has 0 bridgehead atoms. The van der Waals surface area contributed by atoms with Crippen molar-refractivity contribution < 1.29 is 0 Å². The molecule has 6 nitrogen and oxygen atoms in total. The normalized spacial score (nSPS) is 13.9. The van der Waals surface area contributed by atoms with Gasteiger partial charge in [0, 0.05) is 31.0 Å². The van der Waals surface area contributed by atoms with Gasteiger partial charge in [0.05, 0.1) is 5.69 Å². The molecule has 19 heavy (non-hydrogen) atoms. The Kier molecular flexibility index (Phi) is 3.24. The molecule has 3 heterocycles. The molecule has 0 atom stereocenters. The van der Waals surface area contributed by atoms with E-state index in [2.05, 4.69) is 25.6 Å². The smallest absolute Gasteiger partial charge is 0.222 e. The highest BCUT2D eigenvalue weighted by Crippen LogP contribution is 2.21. The number of nitrogens with one attached hydrogen (secondary N) is 2. The van der Waals surface area contributed by atoms with Crippen LogP contribution in [0, 0.1) is 0 Å². The number of rotatable bonds is 3. The van der Waals surface area contributed by atoms with Crippen LogP contribution >= 0.6 is 0 Å². The second-order valence-electron chi connectivity index (χ2n) is 4.50. The maximum absolute atomic E-state index is 5.75. The highest BCUT2D eigenvalue weighted by atomic mass is 15.1. The van der Waals surface area contributed by atoms with Crippen LogP contribution in [0.1, 0.15) is 16.8 Å². The molecule has 4 N–H and O–H groups in total. The van der Waals surface area contributed by atoms with Gasteiger partial charge in [-0.15, -0.1) is 0 Å². The fraction of sp³-hybridized carbons (Fsp3) is 0.308. The second-order valence-corrected chi connectivity index (χ2v) is 4.50. The number of nitrogens with two attached hydrogens (primary N) is 1. The zero-order chi connectivity index (χ0) is 13.1. The van der Waals surface area contributed by atoms with Crippen molar-refractivity contribution in [3.8, 4) is 0 Å². The quantitative estimate of drug-likeness (QED) is 0.749. The molecule has 2 aromatic heterocycles. The molecule has 0 aromatic carbocycles. The Bertz CT molecular complexity index is 569. The standard InChI is InChI=1S/C13H16N6/c14-13-18-11-8-16-5-3-10(11)12(19-13)17-7-9-2-1-4-15-6-9/h1-2,4,6,16H,3,5,7-8H2,(H3,14,17,18,19). The third-order valence-electron chi connectivity index (χ3n) is 3.14. The number of nitrogens with zero attached hydrogens (tertiary/aromatic N) is 3. The lowest BCUT2D eigenvalue weighted by Crippen LogP contribution is -2.26. The molecule has 98 valence electrons. The molecule has 0 unspecified atom stereocenters. The van der Waals surface area contributed by atoms with Gasteiger partial charge in [-0.05, 0) is 24.6 Å². The van der Waals surface area contributed by atoms with E-state index >= 15 is 0 Å². The van der Waals surface area contributed by atoms with Gasteiger partial charge in [-0.3, -0.25) is 4.98 Å². The maximum Gasteiger partial charge on any atom is 0.222 e. The lowest BCUT2D eigenvalue weighted by atomic mass is 10.1. The van der Waals surface area contributed by atoms with Gasteiger partial charge in [0.15, 0.2) is 0 Å². The third-order valence-corrected chi connectivity index (χ3v) is 3.14. The topological polar surface area (TPSA) is 88.8 Å². The average molecular weight is 256 g/mol. The molecule has 0 amide bonds.